The summed E-state index contributed by atoms with van der Waals surface area (Å²) in [5.41, 5.74) is 1.52. The molecule has 6 N–H and O–H groups in total. The summed E-state index contributed by atoms with van der Waals surface area (Å²) in [5.74, 6) is 1.93. The molecule has 1 fully saturated rings. The van der Waals surface area contributed by atoms with Crippen molar-refractivity contribution >= 4 is 28.7 Å². The van der Waals surface area contributed by atoms with Gasteiger partial charge in [-0.05, 0) is 24.5 Å². The van der Waals surface area contributed by atoms with E-state index in [1.54, 1.807) is 16.8 Å². The van der Waals surface area contributed by atoms with Crippen LogP contribution in [-0.4, -0.2) is 82.9 Å². The minimum absolute atomic E-state index is 0.101. The number of hydrogen-bond donors (Lipinski definition) is 6. The Morgan fingerprint density at radius 3 is 2.60 bits per heavy atom. The lowest BCUT2D eigenvalue weighted by molar-refractivity contribution is -0.0434. The summed E-state index contributed by atoms with van der Waals surface area (Å²) in [7, 11) is 0. The van der Waals surface area contributed by atoms with Gasteiger partial charge in [-0.1, -0.05) is 32.0 Å². The molecule has 40 heavy (non-hydrogen) atoms. The van der Waals surface area contributed by atoms with Gasteiger partial charge >= 0.3 is 0 Å². The van der Waals surface area contributed by atoms with E-state index in [9.17, 15) is 15.3 Å². The van der Waals surface area contributed by atoms with Crippen molar-refractivity contribution in [3.63, 3.8) is 0 Å². The van der Waals surface area contributed by atoms with Crippen LogP contribution >= 0.6 is 0 Å². The normalized spacial score (nSPS) is 21.7. The van der Waals surface area contributed by atoms with Gasteiger partial charge in [-0.15, -0.1) is 0 Å². The Labute approximate surface area is 230 Å². The van der Waals surface area contributed by atoms with Crippen LogP contribution in [0.15, 0.2) is 41.3 Å². The zero-order valence-electron chi connectivity index (χ0n) is 22.6. The molecule has 214 valence electrons. The van der Waals surface area contributed by atoms with Crippen molar-refractivity contribution in [2.75, 3.05) is 35.6 Å². The third kappa shape index (κ3) is 5.70. The highest BCUT2D eigenvalue weighted by Crippen LogP contribution is 2.40. The molecule has 0 spiro atoms. The summed E-state index contributed by atoms with van der Waals surface area (Å²) in [6.45, 7) is 6.86. The van der Waals surface area contributed by atoms with Gasteiger partial charge < -0.3 is 40.5 Å². The van der Waals surface area contributed by atoms with Gasteiger partial charge in [-0.2, -0.15) is 9.97 Å². The number of pyridine rings is 1. The van der Waals surface area contributed by atoms with Gasteiger partial charge in [-0.3, -0.25) is 4.57 Å². The average Bonchev–Trinajstić information content (AvgIpc) is 3.68. The van der Waals surface area contributed by atoms with Gasteiger partial charge in [0.15, 0.2) is 29.0 Å². The fourth-order valence-corrected chi connectivity index (χ4v) is 4.47. The second-order valence-corrected chi connectivity index (χ2v) is 9.97. The van der Waals surface area contributed by atoms with Crippen LogP contribution in [0.5, 0.6) is 0 Å². The van der Waals surface area contributed by atoms with E-state index in [0.717, 1.165) is 11.5 Å². The Kier molecular flexibility index (Phi) is 8.40. The number of nitrogens with one attached hydrogen (secondary N) is 3. The van der Waals surface area contributed by atoms with E-state index in [-0.39, 0.29) is 18.6 Å². The summed E-state index contributed by atoms with van der Waals surface area (Å²) in [5, 5.41) is 45.4. The van der Waals surface area contributed by atoms with E-state index in [1.807, 2.05) is 39.0 Å². The highest BCUT2D eigenvalue weighted by Gasteiger charge is 2.47. The van der Waals surface area contributed by atoms with Crippen LogP contribution in [0.25, 0.3) is 11.2 Å². The Morgan fingerprint density at radius 1 is 1.07 bits per heavy atom. The molecule has 14 nitrogen and oxygen atoms in total. The fraction of sp³-hybridized carbons (Fsp3) is 0.500. The minimum atomic E-state index is -1.29. The number of imidazole rings is 1. The molecule has 1 saturated heterocycles. The van der Waals surface area contributed by atoms with Gasteiger partial charge in [-0.25, -0.2) is 9.97 Å². The van der Waals surface area contributed by atoms with Gasteiger partial charge in [0.2, 0.25) is 5.95 Å². The molecule has 5 rings (SSSR count). The molecule has 1 aliphatic rings. The molecule has 4 aromatic heterocycles. The number of nitrogens with zero attached hydrogens (tertiary/aromatic N) is 6. The second-order valence-electron chi connectivity index (χ2n) is 9.97. The van der Waals surface area contributed by atoms with Crippen molar-refractivity contribution in [2.45, 2.75) is 57.8 Å². The molecule has 1 aliphatic heterocycles. The van der Waals surface area contributed by atoms with Crippen molar-refractivity contribution in [3.05, 3.63) is 48.2 Å². The average molecular weight is 554 g/mol. The van der Waals surface area contributed by atoms with E-state index in [4.69, 9.17) is 9.26 Å². The van der Waals surface area contributed by atoms with Gasteiger partial charge in [0.25, 0.3) is 0 Å². The zero-order chi connectivity index (χ0) is 28.2. The molecule has 0 amide bonds. The lowest BCUT2D eigenvalue weighted by atomic mass is 10.1. The minimum Gasteiger partial charge on any atom is -0.394 e. The zero-order valence-corrected chi connectivity index (χ0v) is 22.6. The van der Waals surface area contributed by atoms with Crippen molar-refractivity contribution in [2.24, 2.45) is 5.92 Å². The standard InChI is InChI=1S/C26H35N9O5/c1-4-15-11-17(40-34-15)22-20(37)21(38)25(39-22)35-13-30-19-23(31-16(12-36)14(2)3)32-26(33-24(19)35)29-10-9-28-18-7-5-6-8-27-18/h5-8,11,13-14,16,20-22,25,36-38H,4,9-10,12H2,1-3H3,(H,27,28)(H2,29,31,32,33)/t16?,20-,21+,22+,25+/m0/s1. The SMILES string of the molecule is CCc1cc([C@H]2O[C@@H](n3cnc4c(NC(CO)C(C)C)nc(NCCNc5ccccn5)nc43)[C@H](O)[C@@H]2O)on1. The first-order chi connectivity index (χ1) is 19.4. The third-order valence-corrected chi connectivity index (χ3v) is 6.86. The molecule has 0 radical (unpaired) electrons. The fourth-order valence-electron chi connectivity index (χ4n) is 4.47. The number of hydrogen-bond acceptors (Lipinski definition) is 13. The lowest BCUT2D eigenvalue weighted by Crippen LogP contribution is -2.30. The lowest BCUT2D eigenvalue weighted by Gasteiger charge is -2.21. The molecule has 14 heteroatoms. The van der Waals surface area contributed by atoms with Gasteiger partial charge in [0.1, 0.15) is 24.1 Å². The Bertz CT molecular complexity index is 1400. The Hall–Kier alpha value is -3.85. The Morgan fingerprint density at radius 2 is 1.90 bits per heavy atom. The van der Waals surface area contributed by atoms with Crippen LogP contribution in [0.4, 0.5) is 17.6 Å². The topological polar surface area (TPSA) is 189 Å². The molecule has 0 aromatic carbocycles. The van der Waals surface area contributed by atoms with Gasteiger partial charge in [0, 0.05) is 25.4 Å². The third-order valence-electron chi connectivity index (χ3n) is 6.86. The first kappa shape index (κ1) is 27.7. The van der Waals surface area contributed by atoms with Crippen molar-refractivity contribution in [1.29, 1.82) is 0 Å². The molecular formula is C26H35N9O5. The summed E-state index contributed by atoms with van der Waals surface area (Å²) in [4.78, 5) is 18.0. The van der Waals surface area contributed by atoms with Crippen LogP contribution in [0.3, 0.4) is 0 Å². The molecule has 0 saturated carbocycles. The van der Waals surface area contributed by atoms with E-state index in [2.05, 4.69) is 41.0 Å². The maximum atomic E-state index is 11.0. The highest BCUT2D eigenvalue weighted by molar-refractivity contribution is 5.84. The Balaban J connectivity index is 1.42. The van der Waals surface area contributed by atoms with Crippen LogP contribution in [0, 0.1) is 5.92 Å². The van der Waals surface area contributed by atoms with E-state index < -0.39 is 24.5 Å². The highest BCUT2D eigenvalue weighted by atomic mass is 16.6. The van der Waals surface area contributed by atoms with Crippen LogP contribution in [0.2, 0.25) is 0 Å². The monoisotopic (exact) mass is 553 g/mol. The number of aryl methyl sites for hydroxylation is 1. The first-order valence-electron chi connectivity index (χ1n) is 13.4. The van der Waals surface area contributed by atoms with Crippen molar-refractivity contribution in [3.8, 4) is 0 Å². The largest absolute Gasteiger partial charge is 0.394 e. The quantitative estimate of drug-likeness (QED) is 0.139. The molecule has 0 aliphatic carbocycles. The number of rotatable bonds is 12. The second kappa shape index (κ2) is 12.1. The predicted molar refractivity (Wildman–Crippen MR) is 147 cm³/mol. The predicted octanol–water partition coefficient (Wildman–Crippen LogP) is 1.72. The van der Waals surface area contributed by atoms with E-state index >= 15 is 0 Å². The van der Waals surface area contributed by atoms with E-state index in [0.29, 0.717) is 48.2 Å². The van der Waals surface area contributed by atoms with Crippen LogP contribution in [0.1, 0.15) is 44.6 Å². The number of fused-ring (bicyclic) bond motifs is 1. The summed E-state index contributed by atoms with van der Waals surface area (Å²) in [6, 6.07) is 7.06. The summed E-state index contributed by atoms with van der Waals surface area (Å²) >= 11 is 0. The smallest absolute Gasteiger partial charge is 0.226 e. The maximum absolute atomic E-state index is 11.0. The summed E-state index contributed by atoms with van der Waals surface area (Å²) < 4.78 is 13.0. The van der Waals surface area contributed by atoms with Crippen molar-refractivity contribution < 1.29 is 24.6 Å². The number of aromatic nitrogens is 6. The first-order valence-corrected chi connectivity index (χ1v) is 13.4. The molecule has 0 bridgehead atoms. The van der Waals surface area contributed by atoms with Crippen molar-refractivity contribution in [1.82, 2.24) is 29.7 Å². The molecule has 1 unspecified atom stereocenters. The summed E-state index contributed by atoms with van der Waals surface area (Å²) in [6.07, 6.45) is -0.598. The number of anilines is 3. The molecular weight excluding hydrogens is 518 g/mol. The van der Waals surface area contributed by atoms with E-state index in [1.165, 1.54) is 6.33 Å². The number of aliphatic hydroxyl groups excluding tert-OH is 3. The number of ether oxygens (including phenoxy) is 1. The molecule has 5 atom stereocenters. The van der Waals surface area contributed by atoms with Gasteiger partial charge in [0.05, 0.1) is 24.7 Å². The van der Waals surface area contributed by atoms with Crippen LogP contribution in [-0.2, 0) is 11.2 Å². The maximum Gasteiger partial charge on any atom is 0.226 e. The molecule has 4 aromatic rings. The molecule has 5 heterocycles. The van der Waals surface area contributed by atoms with Crippen LogP contribution < -0.4 is 16.0 Å². The number of aliphatic hydroxyl groups is 3.